The highest BCUT2D eigenvalue weighted by Crippen LogP contribution is 2.32. The standard InChI is InChI=1S/C20H23NO5/c1-13(15-4-9-18-19(12-15)25-11-10-24-18)21-20(22)14(2)26-17-7-5-16(23-3)6-8-17/h4-9,12-14H,10-11H2,1-3H3,(H,21,22)/t13-,14+/m1/s1. The highest BCUT2D eigenvalue weighted by Gasteiger charge is 2.19. The minimum Gasteiger partial charge on any atom is -0.497 e. The smallest absolute Gasteiger partial charge is 0.261 e. The predicted octanol–water partition coefficient (Wildman–Crippen LogP) is 3.11. The van der Waals surface area contributed by atoms with Gasteiger partial charge in [0, 0.05) is 0 Å². The van der Waals surface area contributed by atoms with Gasteiger partial charge < -0.3 is 24.3 Å². The normalized spacial score (nSPS) is 14.9. The van der Waals surface area contributed by atoms with E-state index in [9.17, 15) is 4.79 Å². The zero-order chi connectivity index (χ0) is 18.5. The summed E-state index contributed by atoms with van der Waals surface area (Å²) >= 11 is 0. The zero-order valence-corrected chi connectivity index (χ0v) is 15.2. The van der Waals surface area contributed by atoms with E-state index in [0.29, 0.717) is 24.7 Å². The lowest BCUT2D eigenvalue weighted by Gasteiger charge is -2.22. The number of ether oxygens (including phenoxy) is 4. The second-order valence-corrected chi connectivity index (χ2v) is 6.07. The second-order valence-electron chi connectivity index (χ2n) is 6.07. The van der Waals surface area contributed by atoms with Crippen LogP contribution in [-0.4, -0.2) is 32.3 Å². The molecule has 1 aliphatic heterocycles. The molecule has 0 radical (unpaired) electrons. The van der Waals surface area contributed by atoms with E-state index in [1.54, 1.807) is 38.3 Å². The zero-order valence-electron chi connectivity index (χ0n) is 15.2. The molecule has 0 bridgehead atoms. The fourth-order valence-corrected chi connectivity index (χ4v) is 2.66. The largest absolute Gasteiger partial charge is 0.497 e. The van der Waals surface area contributed by atoms with Gasteiger partial charge in [0.25, 0.3) is 5.91 Å². The van der Waals surface area contributed by atoms with Gasteiger partial charge in [0.1, 0.15) is 24.7 Å². The highest BCUT2D eigenvalue weighted by atomic mass is 16.6. The van der Waals surface area contributed by atoms with Crippen molar-refractivity contribution in [2.75, 3.05) is 20.3 Å². The molecule has 2 aromatic carbocycles. The molecule has 3 rings (SSSR count). The third-order valence-electron chi connectivity index (χ3n) is 4.17. The Morgan fingerprint density at radius 1 is 1.00 bits per heavy atom. The fourth-order valence-electron chi connectivity index (χ4n) is 2.66. The highest BCUT2D eigenvalue weighted by molar-refractivity contribution is 5.81. The summed E-state index contributed by atoms with van der Waals surface area (Å²) in [6.45, 7) is 4.72. The maximum Gasteiger partial charge on any atom is 0.261 e. The Labute approximate surface area is 153 Å². The Kier molecular flexibility index (Phi) is 5.51. The molecule has 26 heavy (non-hydrogen) atoms. The van der Waals surface area contributed by atoms with Crippen LogP contribution in [0.15, 0.2) is 42.5 Å². The number of amides is 1. The fraction of sp³-hybridized carbons (Fsp3) is 0.350. The van der Waals surface area contributed by atoms with E-state index in [0.717, 1.165) is 17.1 Å². The Morgan fingerprint density at radius 2 is 1.65 bits per heavy atom. The first-order valence-corrected chi connectivity index (χ1v) is 8.57. The van der Waals surface area contributed by atoms with E-state index in [1.165, 1.54) is 0 Å². The predicted molar refractivity (Wildman–Crippen MR) is 97.1 cm³/mol. The van der Waals surface area contributed by atoms with E-state index in [1.807, 2.05) is 25.1 Å². The van der Waals surface area contributed by atoms with Crippen molar-refractivity contribution in [2.24, 2.45) is 0 Å². The molecule has 0 aliphatic carbocycles. The quantitative estimate of drug-likeness (QED) is 0.860. The first kappa shape index (κ1) is 17.9. The lowest BCUT2D eigenvalue weighted by Crippen LogP contribution is -2.37. The van der Waals surface area contributed by atoms with Crippen molar-refractivity contribution in [3.8, 4) is 23.0 Å². The number of benzene rings is 2. The minimum atomic E-state index is -0.622. The van der Waals surface area contributed by atoms with Crippen LogP contribution in [0.5, 0.6) is 23.0 Å². The van der Waals surface area contributed by atoms with Gasteiger partial charge in [-0.2, -0.15) is 0 Å². The summed E-state index contributed by atoms with van der Waals surface area (Å²) in [4.78, 5) is 12.4. The topological polar surface area (TPSA) is 66.0 Å². The molecule has 1 heterocycles. The van der Waals surface area contributed by atoms with Crippen molar-refractivity contribution < 1.29 is 23.7 Å². The van der Waals surface area contributed by atoms with E-state index in [2.05, 4.69) is 5.32 Å². The molecule has 2 aromatic rings. The number of hydrogen-bond acceptors (Lipinski definition) is 5. The summed E-state index contributed by atoms with van der Waals surface area (Å²) in [7, 11) is 1.60. The number of carbonyl (C=O) groups excluding carboxylic acids is 1. The maximum absolute atomic E-state index is 12.4. The molecule has 1 N–H and O–H groups in total. The van der Waals surface area contributed by atoms with Crippen LogP contribution in [0.3, 0.4) is 0 Å². The number of rotatable bonds is 6. The Hall–Kier alpha value is -2.89. The van der Waals surface area contributed by atoms with Gasteiger partial charge in [-0.25, -0.2) is 0 Å². The average molecular weight is 357 g/mol. The molecule has 0 saturated heterocycles. The van der Waals surface area contributed by atoms with Gasteiger partial charge in [-0.15, -0.1) is 0 Å². The lowest BCUT2D eigenvalue weighted by molar-refractivity contribution is -0.127. The van der Waals surface area contributed by atoms with Crippen molar-refractivity contribution in [1.29, 1.82) is 0 Å². The molecule has 6 heteroatoms. The van der Waals surface area contributed by atoms with Crippen LogP contribution >= 0.6 is 0 Å². The molecule has 2 atom stereocenters. The van der Waals surface area contributed by atoms with Crippen molar-refractivity contribution >= 4 is 5.91 Å². The molecular weight excluding hydrogens is 334 g/mol. The summed E-state index contributed by atoms with van der Waals surface area (Å²) in [6.07, 6.45) is -0.622. The van der Waals surface area contributed by atoms with Crippen molar-refractivity contribution in [3.05, 3.63) is 48.0 Å². The van der Waals surface area contributed by atoms with E-state index in [4.69, 9.17) is 18.9 Å². The molecular formula is C20H23NO5. The van der Waals surface area contributed by atoms with Crippen LogP contribution in [0.2, 0.25) is 0 Å². The van der Waals surface area contributed by atoms with Crippen LogP contribution < -0.4 is 24.3 Å². The van der Waals surface area contributed by atoms with Gasteiger partial charge in [-0.3, -0.25) is 4.79 Å². The van der Waals surface area contributed by atoms with Crippen LogP contribution in [0.1, 0.15) is 25.5 Å². The summed E-state index contributed by atoms with van der Waals surface area (Å²) in [5, 5.41) is 2.96. The first-order chi connectivity index (χ1) is 12.6. The van der Waals surface area contributed by atoms with Gasteiger partial charge in [0.05, 0.1) is 13.2 Å². The molecule has 1 amide bonds. The average Bonchev–Trinajstić information content (AvgIpc) is 2.68. The molecule has 0 unspecified atom stereocenters. The number of carbonyl (C=O) groups is 1. The number of methoxy groups -OCH3 is 1. The van der Waals surface area contributed by atoms with E-state index >= 15 is 0 Å². The molecule has 0 spiro atoms. The van der Waals surface area contributed by atoms with Crippen LogP contribution in [0.4, 0.5) is 0 Å². The van der Waals surface area contributed by atoms with Gasteiger partial charge in [-0.1, -0.05) is 6.07 Å². The molecule has 1 aliphatic rings. The molecule has 0 aromatic heterocycles. The van der Waals surface area contributed by atoms with Gasteiger partial charge >= 0.3 is 0 Å². The van der Waals surface area contributed by atoms with E-state index in [-0.39, 0.29) is 11.9 Å². The van der Waals surface area contributed by atoms with Crippen LogP contribution in [0.25, 0.3) is 0 Å². The second kappa shape index (κ2) is 7.99. The number of nitrogens with one attached hydrogen (secondary N) is 1. The number of fused-ring (bicyclic) bond motifs is 1. The summed E-state index contributed by atoms with van der Waals surface area (Å²) < 4.78 is 21.9. The molecule has 138 valence electrons. The third-order valence-corrected chi connectivity index (χ3v) is 4.17. The molecule has 0 saturated carbocycles. The molecule has 0 fully saturated rings. The van der Waals surface area contributed by atoms with E-state index < -0.39 is 6.10 Å². The third kappa shape index (κ3) is 4.20. The van der Waals surface area contributed by atoms with Crippen molar-refractivity contribution in [2.45, 2.75) is 26.0 Å². The Bertz CT molecular complexity index is 759. The van der Waals surface area contributed by atoms with Gasteiger partial charge in [0.15, 0.2) is 17.6 Å². The monoisotopic (exact) mass is 357 g/mol. The first-order valence-electron chi connectivity index (χ1n) is 8.57. The summed E-state index contributed by atoms with van der Waals surface area (Å²) in [6, 6.07) is 12.6. The van der Waals surface area contributed by atoms with Crippen molar-refractivity contribution in [3.63, 3.8) is 0 Å². The Morgan fingerprint density at radius 3 is 2.35 bits per heavy atom. The summed E-state index contributed by atoms with van der Waals surface area (Å²) in [5.41, 5.74) is 0.944. The SMILES string of the molecule is COc1ccc(O[C@@H](C)C(=O)N[C@H](C)c2ccc3c(c2)OCCO3)cc1. The molecule has 6 nitrogen and oxygen atoms in total. The van der Waals surface area contributed by atoms with Crippen molar-refractivity contribution in [1.82, 2.24) is 5.32 Å². The van der Waals surface area contributed by atoms with Gasteiger partial charge in [0.2, 0.25) is 0 Å². The summed E-state index contributed by atoms with van der Waals surface area (Å²) in [5.74, 6) is 2.59. The minimum absolute atomic E-state index is 0.180. The lowest BCUT2D eigenvalue weighted by atomic mass is 10.1. The Balaban J connectivity index is 1.59. The van der Waals surface area contributed by atoms with Crippen LogP contribution in [-0.2, 0) is 4.79 Å². The van der Waals surface area contributed by atoms with Crippen LogP contribution in [0, 0.1) is 0 Å². The van der Waals surface area contributed by atoms with Gasteiger partial charge in [-0.05, 0) is 55.8 Å². The number of hydrogen-bond donors (Lipinski definition) is 1. The maximum atomic E-state index is 12.4.